The van der Waals surface area contributed by atoms with Gasteiger partial charge in [0.05, 0.1) is 11.3 Å². The molecule has 0 fully saturated rings. The van der Waals surface area contributed by atoms with Gasteiger partial charge in [0, 0.05) is 37.0 Å². The average molecular weight is 371 g/mol. The first-order valence-corrected chi connectivity index (χ1v) is 8.84. The Kier molecular flexibility index (Phi) is 4.73. The first-order valence-electron chi connectivity index (χ1n) is 7.96. The van der Waals surface area contributed by atoms with Crippen LogP contribution < -0.4 is 10.5 Å². The maximum absolute atomic E-state index is 13.2. The minimum Gasteiger partial charge on any atom is -0.377 e. The lowest BCUT2D eigenvalue weighted by atomic mass is 10.1. The SMILES string of the molecule is CC(=O)c1nn(-c2ccc(F)cc2)c(=O)c(-c2cc(N(C)C)cs2)c1C. The third-order valence-corrected chi connectivity index (χ3v) is 5.02. The number of ketones is 1. The Balaban J connectivity index is 2.30. The van der Waals surface area contributed by atoms with Crippen molar-refractivity contribution >= 4 is 22.8 Å². The monoisotopic (exact) mass is 371 g/mol. The van der Waals surface area contributed by atoms with Crippen molar-refractivity contribution in [3.05, 3.63) is 63.1 Å². The van der Waals surface area contributed by atoms with Gasteiger partial charge in [-0.3, -0.25) is 9.59 Å². The molecule has 5 nitrogen and oxygen atoms in total. The van der Waals surface area contributed by atoms with Crippen LogP contribution in [0.5, 0.6) is 0 Å². The Morgan fingerprint density at radius 2 is 1.88 bits per heavy atom. The third kappa shape index (κ3) is 3.17. The molecule has 0 atom stereocenters. The quantitative estimate of drug-likeness (QED) is 0.657. The van der Waals surface area contributed by atoms with Crippen LogP contribution in [-0.4, -0.2) is 29.7 Å². The van der Waals surface area contributed by atoms with Gasteiger partial charge in [0.25, 0.3) is 5.56 Å². The minimum atomic E-state index is -0.408. The average Bonchev–Trinajstić information content (AvgIpc) is 3.06. The van der Waals surface area contributed by atoms with Crippen molar-refractivity contribution in [3.8, 4) is 16.1 Å². The normalized spacial score (nSPS) is 10.8. The number of nitrogens with zero attached hydrogens (tertiary/aromatic N) is 3. The van der Waals surface area contributed by atoms with E-state index in [1.54, 1.807) is 6.92 Å². The van der Waals surface area contributed by atoms with Crippen LogP contribution in [0.1, 0.15) is 23.0 Å². The van der Waals surface area contributed by atoms with Crippen molar-refractivity contribution in [1.29, 1.82) is 0 Å². The van der Waals surface area contributed by atoms with E-state index in [1.807, 2.05) is 30.4 Å². The van der Waals surface area contributed by atoms with Crippen LogP contribution >= 0.6 is 11.3 Å². The fraction of sp³-hybridized carbons (Fsp3) is 0.211. The summed E-state index contributed by atoms with van der Waals surface area (Å²) < 4.78 is 14.4. The summed E-state index contributed by atoms with van der Waals surface area (Å²) in [5.41, 5.74) is 2.25. The van der Waals surface area contributed by atoms with Gasteiger partial charge >= 0.3 is 0 Å². The highest BCUT2D eigenvalue weighted by atomic mass is 32.1. The van der Waals surface area contributed by atoms with Crippen LogP contribution in [0.4, 0.5) is 10.1 Å². The summed E-state index contributed by atoms with van der Waals surface area (Å²) in [4.78, 5) is 27.9. The number of carbonyl (C=O) groups is 1. The van der Waals surface area contributed by atoms with Crippen molar-refractivity contribution in [1.82, 2.24) is 9.78 Å². The molecule has 2 aromatic heterocycles. The van der Waals surface area contributed by atoms with Gasteiger partial charge in [-0.2, -0.15) is 9.78 Å². The van der Waals surface area contributed by atoms with Gasteiger partial charge in [-0.1, -0.05) is 0 Å². The molecule has 1 aromatic carbocycles. The topological polar surface area (TPSA) is 55.2 Å². The zero-order chi connectivity index (χ0) is 19.0. The van der Waals surface area contributed by atoms with Crippen LogP contribution in [0.2, 0.25) is 0 Å². The number of thiophene rings is 1. The number of carbonyl (C=O) groups excluding carboxylic acids is 1. The van der Waals surface area contributed by atoms with Gasteiger partial charge in [-0.15, -0.1) is 11.3 Å². The van der Waals surface area contributed by atoms with E-state index < -0.39 is 5.82 Å². The van der Waals surface area contributed by atoms with E-state index in [4.69, 9.17) is 0 Å². The van der Waals surface area contributed by atoms with Crippen LogP contribution in [0.15, 0.2) is 40.5 Å². The largest absolute Gasteiger partial charge is 0.377 e. The number of aromatic nitrogens is 2. The molecule has 0 aliphatic heterocycles. The van der Waals surface area contributed by atoms with E-state index in [2.05, 4.69) is 5.10 Å². The molecule has 0 amide bonds. The summed E-state index contributed by atoms with van der Waals surface area (Å²) in [7, 11) is 3.84. The lowest BCUT2D eigenvalue weighted by Crippen LogP contribution is -2.26. The number of anilines is 1. The van der Waals surface area contributed by atoms with Crippen LogP contribution in [-0.2, 0) is 0 Å². The molecule has 0 aliphatic carbocycles. The van der Waals surface area contributed by atoms with Gasteiger partial charge < -0.3 is 4.90 Å². The lowest BCUT2D eigenvalue weighted by Gasteiger charge is -2.12. The second-order valence-electron chi connectivity index (χ2n) is 6.16. The number of Topliss-reactive ketones (excluding diaryl/α,β-unsaturated/α-hetero) is 1. The van der Waals surface area contributed by atoms with Crippen LogP contribution in [0.25, 0.3) is 16.1 Å². The van der Waals surface area contributed by atoms with Crippen molar-refractivity contribution in [2.24, 2.45) is 0 Å². The Bertz CT molecular complexity index is 1040. The Morgan fingerprint density at radius 3 is 2.42 bits per heavy atom. The Labute approximate surface area is 154 Å². The van der Waals surface area contributed by atoms with E-state index in [0.29, 0.717) is 16.8 Å². The molecule has 3 aromatic rings. The molecule has 0 saturated heterocycles. The van der Waals surface area contributed by atoms with Gasteiger partial charge in [-0.25, -0.2) is 4.39 Å². The van der Waals surface area contributed by atoms with Crippen molar-refractivity contribution in [3.63, 3.8) is 0 Å². The molecular formula is C19H18FN3O2S. The number of hydrogen-bond donors (Lipinski definition) is 0. The smallest absolute Gasteiger partial charge is 0.280 e. The Hall–Kier alpha value is -2.80. The minimum absolute atomic E-state index is 0.226. The maximum atomic E-state index is 13.2. The predicted molar refractivity (Wildman–Crippen MR) is 102 cm³/mol. The van der Waals surface area contributed by atoms with Gasteiger partial charge in [0.2, 0.25) is 0 Å². The summed E-state index contributed by atoms with van der Waals surface area (Å²) in [5.74, 6) is -0.640. The molecule has 134 valence electrons. The molecule has 7 heteroatoms. The van der Waals surface area contributed by atoms with Crippen LogP contribution in [0.3, 0.4) is 0 Å². The predicted octanol–water partition coefficient (Wildman–Crippen LogP) is 3.68. The standard InChI is InChI=1S/C19H18FN3O2S/c1-11-17(16-9-15(10-26-16)22(3)4)19(25)23(21-18(11)12(2)24)14-7-5-13(20)6-8-14/h5-10H,1-4H3. The molecule has 26 heavy (non-hydrogen) atoms. The summed E-state index contributed by atoms with van der Waals surface area (Å²) in [6, 6.07) is 7.35. The highest BCUT2D eigenvalue weighted by molar-refractivity contribution is 7.14. The molecule has 0 bridgehead atoms. The number of rotatable bonds is 4. The summed E-state index contributed by atoms with van der Waals surface area (Å²) in [6.07, 6.45) is 0. The fourth-order valence-corrected chi connectivity index (χ4v) is 3.75. The summed E-state index contributed by atoms with van der Waals surface area (Å²) in [6.45, 7) is 3.14. The number of hydrogen-bond acceptors (Lipinski definition) is 5. The molecular weight excluding hydrogens is 353 g/mol. The molecule has 0 unspecified atom stereocenters. The number of halogens is 1. The first-order chi connectivity index (χ1) is 12.3. The Morgan fingerprint density at radius 1 is 1.23 bits per heavy atom. The zero-order valence-electron chi connectivity index (χ0n) is 14.9. The van der Waals surface area contributed by atoms with E-state index in [-0.39, 0.29) is 17.0 Å². The summed E-state index contributed by atoms with van der Waals surface area (Å²) in [5, 5.41) is 6.17. The second kappa shape index (κ2) is 6.84. The van der Waals surface area contributed by atoms with Crippen molar-refractivity contribution in [2.75, 3.05) is 19.0 Å². The molecule has 0 radical (unpaired) electrons. The maximum Gasteiger partial charge on any atom is 0.280 e. The van der Waals surface area contributed by atoms with Crippen molar-refractivity contribution in [2.45, 2.75) is 13.8 Å². The van der Waals surface area contributed by atoms with E-state index >= 15 is 0 Å². The highest BCUT2D eigenvalue weighted by Crippen LogP contribution is 2.32. The zero-order valence-corrected chi connectivity index (χ0v) is 15.7. The molecule has 3 rings (SSSR count). The summed E-state index contributed by atoms with van der Waals surface area (Å²) >= 11 is 1.43. The highest BCUT2D eigenvalue weighted by Gasteiger charge is 2.20. The number of benzene rings is 1. The van der Waals surface area contributed by atoms with Crippen LogP contribution in [0, 0.1) is 12.7 Å². The molecule has 0 N–H and O–H groups in total. The molecule has 0 saturated carbocycles. The molecule has 2 heterocycles. The van der Waals surface area contributed by atoms with Gasteiger partial charge in [0.15, 0.2) is 5.78 Å². The van der Waals surface area contributed by atoms with Crippen molar-refractivity contribution < 1.29 is 9.18 Å². The molecule has 0 spiro atoms. The van der Waals surface area contributed by atoms with Gasteiger partial charge in [-0.05, 0) is 42.8 Å². The third-order valence-electron chi connectivity index (χ3n) is 4.09. The van der Waals surface area contributed by atoms with E-state index in [9.17, 15) is 14.0 Å². The second-order valence-corrected chi connectivity index (χ2v) is 7.07. The van der Waals surface area contributed by atoms with Gasteiger partial charge in [0.1, 0.15) is 11.5 Å². The molecule has 0 aliphatic rings. The van der Waals surface area contributed by atoms with E-state index in [0.717, 1.165) is 15.2 Å². The fourth-order valence-electron chi connectivity index (χ4n) is 2.68. The first kappa shape index (κ1) is 18.0. The lowest BCUT2D eigenvalue weighted by molar-refractivity contribution is 0.101. The van der Waals surface area contributed by atoms with E-state index in [1.165, 1.54) is 42.5 Å².